The number of non-ortho nitro benzene ring substituents is 1. The van der Waals surface area contributed by atoms with Gasteiger partial charge in [0.2, 0.25) is 5.75 Å². The number of ether oxygens (including phenoxy) is 3. The summed E-state index contributed by atoms with van der Waals surface area (Å²) in [6.07, 6.45) is 2.94. The summed E-state index contributed by atoms with van der Waals surface area (Å²) < 4.78 is 16.3. The van der Waals surface area contributed by atoms with Gasteiger partial charge in [0.15, 0.2) is 11.5 Å². The highest BCUT2D eigenvalue weighted by Gasteiger charge is 2.21. The Kier molecular flexibility index (Phi) is 8.27. The van der Waals surface area contributed by atoms with Crippen LogP contribution in [0.3, 0.4) is 0 Å². The Morgan fingerprint density at radius 2 is 1.81 bits per heavy atom. The molecule has 0 bridgehead atoms. The minimum absolute atomic E-state index is 0.164. The Labute approximate surface area is 204 Å². The van der Waals surface area contributed by atoms with E-state index in [9.17, 15) is 25.0 Å². The molecule has 0 aliphatic heterocycles. The number of nitro benzene ring substituents is 2. The molecule has 12 nitrogen and oxygen atoms in total. The van der Waals surface area contributed by atoms with Crippen molar-refractivity contribution in [3.63, 3.8) is 0 Å². The Hall–Kier alpha value is -5.26. The van der Waals surface area contributed by atoms with Crippen LogP contribution in [0, 0.1) is 20.2 Å². The number of nitro groups is 2. The molecule has 1 N–H and O–H groups in total. The van der Waals surface area contributed by atoms with Crippen molar-refractivity contribution in [2.45, 2.75) is 0 Å². The van der Waals surface area contributed by atoms with Crippen molar-refractivity contribution in [3.8, 4) is 23.0 Å². The van der Waals surface area contributed by atoms with Crippen molar-refractivity contribution in [3.05, 3.63) is 105 Å². The fourth-order valence-electron chi connectivity index (χ4n) is 2.94. The van der Waals surface area contributed by atoms with Gasteiger partial charge < -0.3 is 14.2 Å². The van der Waals surface area contributed by atoms with Crippen molar-refractivity contribution < 1.29 is 28.9 Å². The van der Waals surface area contributed by atoms with Crippen LogP contribution in [0.5, 0.6) is 23.0 Å². The number of carbonyl (C=O) groups excluding carboxylic acids is 1. The van der Waals surface area contributed by atoms with E-state index in [0.717, 1.165) is 18.2 Å². The SMILES string of the molecule is C=CCOc1ccc(C(=O)N/N=C/c2cccc(Oc3ccc([N+](=O)[O-])cc3[N+](=O)[O-])c2)cc1OC. The molecule has 0 fully saturated rings. The number of hydrazone groups is 1. The molecule has 184 valence electrons. The minimum atomic E-state index is -0.768. The first-order valence-corrected chi connectivity index (χ1v) is 10.3. The van der Waals surface area contributed by atoms with E-state index < -0.39 is 27.1 Å². The minimum Gasteiger partial charge on any atom is -0.493 e. The summed E-state index contributed by atoms with van der Waals surface area (Å²) in [5.74, 6) is 0.402. The number of carbonyl (C=O) groups is 1. The molecule has 3 aromatic rings. The molecule has 0 saturated carbocycles. The molecule has 0 unspecified atom stereocenters. The molecule has 0 aliphatic carbocycles. The predicted molar refractivity (Wildman–Crippen MR) is 130 cm³/mol. The molecule has 1 amide bonds. The molecule has 3 rings (SSSR count). The van der Waals surface area contributed by atoms with Crippen LogP contribution in [-0.4, -0.2) is 35.7 Å². The lowest BCUT2D eigenvalue weighted by Crippen LogP contribution is -2.17. The fourth-order valence-corrected chi connectivity index (χ4v) is 2.94. The highest BCUT2D eigenvalue weighted by molar-refractivity contribution is 5.95. The van der Waals surface area contributed by atoms with Gasteiger partial charge in [0.1, 0.15) is 12.4 Å². The summed E-state index contributed by atoms with van der Waals surface area (Å²) in [6, 6.07) is 14.1. The van der Waals surface area contributed by atoms with Crippen molar-refractivity contribution in [1.29, 1.82) is 0 Å². The van der Waals surface area contributed by atoms with E-state index in [2.05, 4.69) is 17.1 Å². The molecule has 0 saturated heterocycles. The van der Waals surface area contributed by atoms with E-state index in [1.807, 2.05) is 0 Å². The standard InChI is InChI=1S/C24H20N4O8/c1-3-11-35-22-9-7-17(13-23(22)34-2)24(29)26-25-15-16-5-4-6-19(12-16)36-21-10-8-18(27(30)31)14-20(21)28(32)33/h3-10,12-15H,1,11H2,2H3,(H,26,29)/b25-15+. The van der Waals surface area contributed by atoms with Gasteiger partial charge in [0, 0.05) is 11.6 Å². The van der Waals surface area contributed by atoms with Crippen LogP contribution in [-0.2, 0) is 0 Å². The molecule has 0 heterocycles. The number of benzene rings is 3. The molecule has 12 heteroatoms. The van der Waals surface area contributed by atoms with Crippen molar-refractivity contribution in [2.75, 3.05) is 13.7 Å². The van der Waals surface area contributed by atoms with Gasteiger partial charge in [-0.3, -0.25) is 25.0 Å². The quantitative estimate of drug-likeness (QED) is 0.176. The van der Waals surface area contributed by atoms with Gasteiger partial charge in [0.05, 0.1) is 29.2 Å². The van der Waals surface area contributed by atoms with Gasteiger partial charge in [-0.25, -0.2) is 5.43 Å². The molecular formula is C24H20N4O8. The van der Waals surface area contributed by atoms with E-state index in [1.165, 1.54) is 25.5 Å². The maximum absolute atomic E-state index is 12.4. The number of hydrogen-bond donors (Lipinski definition) is 1. The van der Waals surface area contributed by atoms with Gasteiger partial charge in [0.25, 0.3) is 11.6 Å². The van der Waals surface area contributed by atoms with Crippen LogP contribution in [0.25, 0.3) is 0 Å². The van der Waals surface area contributed by atoms with Crippen LogP contribution in [0.2, 0.25) is 0 Å². The Morgan fingerprint density at radius 3 is 2.50 bits per heavy atom. The molecule has 0 radical (unpaired) electrons. The van der Waals surface area contributed by atoms with E-state index in [4.69, 9.17) is 14.2 Å². The average Bonchev–Trinajstić information content (AvgIpc) is 2.87. The maximum Gasteiger partial charge on any atom is 0.318 e. The second-order valence-corrected chi connectivity index (χ2v) is 7.01. The number of nitrogens with one attached hydrogen (secondary N) is 1. The molecule has 0 spiro atoms. The normalized spacial score (nSPS) is 10.5. The molecular weight excluding hydrogens is 472 g/mol. The number of methoxy groups -OCH3 is 1. The molecule has 3 aromatic carbocycles. The lowest BCUT2D eigenvalue weighted by molar-refractivity contribution is -0.394. The summed E-state index contributed by atoms with van der Waals surface area (Å²) in [5.41, 5.74) is 2.22. The Bertz CT molecular complexity index is 1340. The van der Waals surface area contributed by atoms with Crippen LogP contribution in [0.1, 0.15) is 15.9 Å². The summed E-state index contributed by atoms with van der Waals surface area (Å²) in [5, 5.41) is 26.1. The van der Waals surface area contributed by atoms with Gasteiger partial charge >= 0.3 is 5.69 Å². The van der Waals surface area contributed by atoms with E-state index in [1.54, 1.807) is 36.4 Å². The molecule has 36 heavy (non-hydrogen) atoms. The average molecular weight is 492 g/mol. The topological polar surface area (TPSA) is 155 Å². The smallest absolute Gasteiger partial charge is 0.318 e. The fraction of sp³-hybridized carbons (Fsp3) is 0.0833. The Morgan fingerprint density at radius 1 is 1.03 bits per heavy atom. The van der Waals surface area contributed by atoms with Gasteiger partial charge in [-0.05, 0) is 42.0 Å². The molecule has 0 atom stereocenters. The highest BCUT2D eigenvalue weighted by atomic mass is 16.6. The number of amides is 1. The summed E-state index contributed by atoms with van der Waals surface area (Å²) in [7, 11) is 1.45. The molecule has 0 aliphatic rings. The highest BCUT2D eigenvalue weighted by Crippen LogP contribution is 2.34. The second-order valence-electron chi connectivity index (χ2n) is 7.01. The van der Waals surface area contributed by atoms with Crippen LogP contribution in [0.15, 0.2) is 78.4 Å². The molecule has 0 aromatic heterocycles. The monoisotopic (exact) mass is 492 g/mol. The van der Waals surface area contributed by atoms with Gasteiger partial charge in [-0.15, -0.1) is 0 Å². The van der Waals surface area contributed by atoms with Crippen molar-refractivity contribution in [1.82, 2.24) is 5.43 Å². The first-order valence-electron chi connectivity index (χ1n) is 10.3. The first kappa shape index (κ1) is 25.4. The number of nitrogens with zero attached hydrogens (tertiary/aromatic N) is 3. The first-order chi connectivity index (χ1) is 17.3. The zero-order valence-electron chi connectivity index (χ0n) is 19.0. The number of rotatable bonds is 11. The van der Waals surface area contributed by atoms with Crippen LogP contribution in [0.4, 0.5) is 11.4 Å². The zero-order valence-corrected chi connectivity index (χ0v) is 19.0. The zero-order chi connectivity index (χ0) is 26.1. The van der Waals surface area contributed by atoms with E-state index in [0.29, 0.717) is 17.1 Å². The lowest BCUT2D eigenvalue weighted by Gasteiger charge is -2.10. The van der Waals surface area contributed by atoms with Crippen molar-refractivity contribution in [2.24, 2.45) is 5.10 Å². The van der Waals surface area contributed by atoms with Gasteiger partial charge in [-0.2, -0.15) is 5.10 Å². The third-order valence-electron chi connectivity index (χ3n) is 4.60. The third kappa shape index (κ3) is 6.41. The summed E-state index contributed by atoms with van der Waals surface area (Å²) in [6.45, 7) is 3.86. The van der Waals surface area contributed by atoms with Crippen molar-refractivity contribution >= 4 is 23.5 Å². The number of hydrogen-bond acceptors (Lipinski definition) is 9. The predicted octanol–water partition coefficient (Wildman–Crippen LogP) is 4.63. The third-order valence-corrected chi connectivity index (χ3v) is 4.60. The van der Waals surface area contributed by atoms with Crippen LogP contribution < -0.4 is 19.6 Å². The summed E-state index contributed by atoms with van der Waals surface area (Å²) in [4.78, 5) is 33.1. The second kappa shape index (κ2) is 11.7. The maximum atomic E-state index is 12.4. The Balaban J connectivity index is 1.70. The summed E-state index contributed by atoms with van der Waals surface area (Å²) >= 11 is 0. The van der Waals surface area contributed by atoms with Crippen LogP contribution >= 0.6 is 0 Å². The van der Waals surface area contributed by atoms with E-state index in [-0.39, 0.29) is 23.7 Å². The van der Waals surface area contributed by atoms with E-state index >= 15 is 0 Å². The largest absolute Gasteiger partial charge is 0.493 e. The lowest BCUT2D eigenvalue weighted by atomic mass is 10.2. The van der Waals surface area contributed by atoms with Gasteiger partial charge in [-0.1, -0.05) is 24.8 Å².